The van der Waals surface area contributed by atoms with Crippen molar-refractivity contribution in [2.45, 2.75) is 103 Å². The van der Waals surface area contributed by atoms with Crippen LogP contribution in [0.3, 0.4) is 0 Å². The van der Waals surface area contributed by atoms with E-state index in [2.05, 4.69) is 79.7 Å². The molecule has 0 aliphatic heterocycles. The molecule has 3 heteroatoms. The summed E-state index contributed by atoms with van der Waals surface area (Å²) in [5, 5.41) is 0. The van der Waals surface area contributed by atoms with E-state index >= 15 is 0 Å². The van der Waals surface area contributed by atoms with Gasteiger partial charge in [0.2, 0.25) is 0 Å². The summed E-state index contributed by atoms with van der Waals surface area (Å²) in [5.41, 5.74) is 1.04. The number of aryl methyl sites for hydroxylation is 1. The summed E-state index contributed by atoms with van der Waals surface area (Å²) in [6.45, 7) is 17.2. The first kappa shape index (κ1) is 22.5. The summed E-state index contributed by atoms with van der Waals surface area (Å²) >= 11 is 1.88. The summed E-state index contributed by atoms with van der Waals surface area (Å²) in [5.74, 6) is 0.952. The highest BCUT2D eigenvalue weighted by atomic mass is 32.2. The van der Waals surface area contributed by atoms with Gasteiger partial charge in [-0.05, 0) is 67.0 Å². The summed E-state index contributed by atoms with van der Waals surface area (Å²) in [7, 11) is 0. The normalized spacial score (nSPS) is 15.2. The minimum atomic E-state index is -0.142. The number of rotatable bonds is 9. The summed E-state index contributed by atoms with van der Waals surface area (Å²) in [6, 6.07) is 8.74. The molecule has 2 atom stereocenters. The lowest BCUT2D eigenvalue weighted by molar-refractivity contribution is -0.108. The van der Waals surface area contributed by atoms with Crippen molar-refractivity contribution in [1.82, 2.24) is 0 Å². The molecule has 0 unspecified atom stereocenters. The van der Waals surface area contributed by atoms with E-state index in [0.717, 1.165) is 25.0 Å². The van der Waals surface area contributed by atoms with Gasteiger partial charge in [-0.25, -0.2) is 0 Å². The average Bonchev–Trinajstić information content (AvgIpc) is 2.43. The van der Waals surface area contributed by atoms with Gasteiger partial charge in [-0.3, -0.25) is 0 Å². The minimum absolute atomic E-state index is 0.115. The van der Waals surface area contributed by atoms with Crippen molar-refractivity contribution in [3.05, 3.63) is 29.8 Å². The predicted molar refractivity (Wildman–Crippen MR) is 111 cm³/mol. The van der Waals surface area contributed by atoms with E-state index in [1.54, 1.807) is 0 Å². The maximum atomic E-state index is 6.37. The van der Waals surface area contributed by atoms with Crippen molar-refractivity contribution >= 4 is 11.8 Å². The van der Waals surface area contributed by atoms with Crippen LogP contribution in [0.15, 0.2) is 29.2 Å². The second-order valence-electron chi connectivity index (χ2n) is 8.85. The Labute approximate surface area is 160 Å². The first-order valence-corrected chi connectivity index (χ1v) is 10.5. The van der Waals surface area contributed by atoms with Crippen LogP contribution in [-0.4, -0.2) is 29.2 Å². The van der Waals surface area contributed by atoms with Gasteiger partial charge in [0.05, 0.1) is 23.4 Å². The molecule has 0 saturated heterocycles. The number of ether oxygens (including phenoxy) is 2. The molecule has 0 amide bonds. The fourth-order valence-corrected chi connectivity index (χ4v) is 3.72. The molecule has 0 spiro atoms. The van der Waals surface area contributed by atoms with E-state index in [1.807, 2.05) is 11.8 Å². The topological polar surface area (TPSA) is 18.5 Å². The molecule has 1 aromatic carbocycles. The maximum Gasteiger partial charge on any atom is 0.0700 e. The Morgan fingerprint density at radius 2 is 1.40 bits per heavy atom. The molecule has 0 N–H and O–H groups in total. The molecule has 0 saturated carbocycles. The van der Waals surface area contributed by atoms with Crippen LogP contribution < -0.4 is 0 Å². The summed E-state index contributed by atoms with van der Waals surface area (Å²) in [4.78, 5) is 1.30. The molecule has 0 fully saturated rings. The molecule has 0 radical (unpaired) electrons. The molecule has 0 aromatic heterocycles. The molecule has 1 aromatic rings. The second-order valence-corrected chi connectivity index (χ2v) is 9.95. The average molecular weight is 367 g/mol. The van der Waals surface area contributed by atoms with Crippen LogP contribution in [0.4, 0.5) is 0 Å². The second kappa shape index (κ2) is 9.99. The van der Waals surface area contributed by atoms with Crippen LogP contribution >= 0.6 is 11.8 Å². The molecule has 25 heavy (non-hydrogen) atoms. The van der Waals surface area contributed by atoms with E-state index in [1.165, 1.54) is 10.5 Å². The Kier molecular flexibility index (Phi) is 9.00. The van der Waals surface area contributed by atoms with Gasteiger partial charge in [0.15, 0.2) is 0 Å². The number of hydrogen-bond donors (Lipinski definition) is 0. The zero-order valence-corrected chi connectivity index (χ0v) is 18.3. The lowest BCUT2D eigenvalue weighted by Crippen LogP contribution is -2.35. The fourth-order valence-electron chi connectivity index (χ4n) is 2.81. The SMILES string of the molecule is CCC[C@@H](C[C@H](CSc1ccc(C)cc1)OC(C)(C)C)OC(C)(C)C. The Morgan fingerprint density at radius 1 is 0.880 bits per heavy atom. The van der Waals surface area contributed by atoms with Crippen molar-refractivity contribution in [2.24, 2.45) is 0 Å². The van der Waals surface area contributed by atoms with Gasteiger partial charge >= 0.3 is 0 Å². The van der Waals surface area contributed by atoms with Gasteiger partial charge in [-0.2, -0.15) is 0 Å². The molecule has 1 rings (SSSR count). The van der Waals surface area contributed by atoms with E-state index in [0.29, 0.717) is 0 Å². The summed E-state index contributed by atoms with van der Waals surface area (Å²) < 4.78 is 12.7. The van der Waals surface area contributed by atoms with Crippen molar-refractivity contribution in [3.8, 4) is 0 Å². The standard InChI is InChI=1S/C22H38O2S/c1-9-10-18(23-21(3,4)5)15-19(24-22(6,7)8)16-25-20-13-11-17(2)12-14-20/h11-14,18-19H,9-10,15-16H2,1-8H3/t18-,19+/m0/s1. The third kappa shape index (κ3) is 10.9. The van der Waals surface area contributed by atoms with Crippen molar-refractivity contribution in [3.63, 3.8) is 0 Å². The predicted octanol–water partition coefficient (Wildman–Crippen LogP) is 6.64. The monoisotopic (exact) mass is 366 g/mol. The molecule has 0 bridgehead atoms. The molecule has 0 aliphatic carbocycles. The van der Waals surface area contributed by atoms with Crippen LogP contribution in [0.5, 0.6) is 0 Å². The smallest absolute Gasteiger partial charge is 0.0700 e. The van der Waals surface area contributed by atoms with Crippen LogP contribution in [0.1, 0.15) is 73.3 Å². The van der Waals surface area contributed by atoms with Gasteiger partial charge in [0.25, 0.3) is 0 Å². The zero-order valence-electron chi connectivity index (χ0n) is 17.5. The number of hydrogen-bond acceptors (Lipinski definition) is 3. The van der Waals surface area contributed by atoms with Gasteiger partial charge in [-0.1, -0.05) is 31.0 Å². The van der Waals surface area contributed by atoms with Crippen molar-refractivity contribution < 1.29 is 9.47 Å². The molecule has 144 valence electrons. The third-order valence-corrected chi connectivity index (χ3v) is 4.78. The molecule has 2 nitrogen and oxygen atoms in total. The van der Waals surface area contributed by atoms with E-state index in [4.69, 9.17) is 9.47 Å². The lowest BCUT2D eigenvalue weighted by atomic mass is 10.0. The first-order valence-electron chi connectivity index (χ1n) is 9.53. The van der Waals surface area contributed by atoms with Gasteiger partial charge in [0, 0.05) is 17.1 Å². The highest BCUT2D eigenvalue weighted by Gasteiger charge is 2.25. The highest BCUT2D eigenvalue weighted by molar-refractivity contribution is 7.99. The zero-order chi connectivity index (χ0) is 19.1. The lowest BCUT2D eigenvalue weighted by Gasteiger charge is -2.33. The Morgan fingerprint density at radius 3 is 1.88 bits per heavy atom. The van der Waals surface area contributed by atoms with E-state index in [9.17, 15) is 0 Å². The Bertz CT molecular complexity index is 482. The largest absolute Gasteiger partial charge is 0.373 e. The Balaban J connectivity index is 2.74. The fraction of sp³-hybridized carbons (Fsp3) is 0.727. The first-order chi connectivity index (χ1) is 11.5. The number of benzene rings is 1. The quantitative estimate of drug-likeness (QED) is 0.456. The minimum Gasteiger partial charge on any atom is -0.373 e. The highest BCUT2D eigenvalue weighted by Crippen LogP contribution is 2.27. The van der Waals surface area contributed by atoms with Gasteiger partial charge < -0.3 is 9.47 Å². The van der Waals surface area contributed by atoms with Gasteiger partial charge in [-0.15, -0.1) is 11.8 Å². The van der Waals surface area contributed by atoms with E-state index < -0.39 is 0 Å². The molecule has 0 heterocycles. The maximum absolute atomic E-state index is 6.37. The van der Waals surface area contributed by atoms with Crippen molar-refractivity contribution in [1.29, 1.82) is 0 Å². The summed E-state index contributed by atoms with van der Waals surface area (Å²) in [6.07, 6.45) is 3.59. The van der Waals surface area contributed by atoms with Crippen LogP contribution in [-0.2, 0) is 9.47 Å². The Hall–Kier alpha value is -0.510. The molecular weight excluding hydrogens is 328 g/mol. The third-order valence-electron chi connectivity index (χ3n) is 3.63. The van der Waals surface area contributed by atoms with Gasteiger partial charge in [0.1, 0.15) is 0 Å². The molecular formula is C22H38O2S. The van der Waals surface area contributed by atoms with Crippen LogP contribution in [0, 0.1) is 6.92 Å². The van der Waals surface area contributed by atoms with Crippen LogP contribution in [0.2, 0.25) is 0 Å². The van der Waals surface area contributed by atoms with Crippen molar-refractivity contribution in [2.75, 3.05) is 5.75 Å². The van der Waals surface area contributed by atoms with Crippen LogP contribution in [0.25, 0.3) is 0 Å². The molecule has 0 aliphatic rings. The van der Waals surface area contributed by atoms with E-state index in [-0.39, 0.29) is 23.4 Å². The number of thioether (sulfide) groups is 1.